The predicted molar refractivity (Wildman–Crippen MR) is 72.4 cm³/mol. The van der Waals surface area contributed by atoms with Gasteiger partial charge in [-0.3, -0.25) is 4.79 Å². The Morgan fingerprint density at radius 3 is 2.72 bits per heavy atom. The third-order valence-corrected chi connectivity index (χ3v) is 2.56. The molecular weight excluding hydrogens is 228 g/mol. The minimum atomic E-state index is -0.163. The highest BCUT2D eigenvalue weighted by Gasteiger charge is 2.04. The Balaban J connectivity index is 2.44. The fourth-order valence-electron chi connectivity index (χ4n) is 1.43. The summed E-state index contributed by atoms with van der Waals surface area (Å²) in [5.74, 6) is 0.500. The van der Waals surface area contributed by atoms with Gasteiger partial charge in [-0.15, -0.1) is 6.58 Å². The molecule has 0 radical (unpaired) electrons. The number of ether oxygens (including phenoxy) is 1. The lowest BCUT2D eigenvalue weighted by molar-refractivity contribution is -0.122. The fourth-order valence-corrected chi connectivity index (χ4v) is 1.43. The number of nitrogens with one attached hydrogen (secondary N) is 1. The molecule has 0 aliphatic rings. The van der Waals surface area contributed by atoms with Gasteiger partial charge >= 0.3 is 0 Å². The minimum absolute atomic E-state index is 0.00696. The van der Waals surface area contributed by atoms with Gasteiger partial charge in [0.15, 0.2) is 6.61 Å². The second-order valence-corrected chi connectivity index (χ2v) is 3.97. The maximum Gasteiger partial charge on any atom is 0.258 e. The molecule has 4 heteroatoms. The van der Waals surface area contributed by atoms with Gasteiger partial charge in [0.1, 0.15) is 5.75 Å². The average molecular weight is 248 g/mol. The van der Waals surface area contributed by atoms with Crippen LogP contribution in [-0.2, 0) is 4.79 Å². The summed E-state index contributed by atoms with van der Waals surface area (Å²) in [5.41, 5.74) is 6.98. The first-order chi connectivity index (χ1) is 8.67. The molecule has 1 aromatic rings. The van der Waals surface area contributed by atoms with E-state index in [0.717, 1.165) is 12.0 Å². The molecule has 0 saturated heterocycles. The molecule has 0 aliphatic heterocycles. The van der Waals surface area contributed by atoms with Crippen molar-refractivity contribution in [3.63, 3.8) is 0 Å². The smallest absolute Gasteiger partial charge is 0.258 e. The summed E-state index contributed by atoms with van der Waals surface area (Å²) >= 11 is 0. The molecule has 1 rings (SSSR count). The first kappa shape index (κ1) is 14.3. The van der Waals surface area contributed by atoms with E-state index in [-0.39, 0.29) is 18.6 Å². The Morgan fingerprint density at radius 1 is 1.50 bits per heavy atom. The van der Waals surface area contributed by atoms with Crippen molar-refractivity contribution < 1.29 is 9.53 Å². The van der Waals surface area contributed by atoms with Crippen LogP contribution in [0.2, 0.25) is 0 Å². The Kier molecular flexibility index (Phi) is 5.94. The molecule has 4 nitrogen and oxygen atoms in total. The van der Waals surface area contributed by atoms with Gasteiger partial charge in [0.2, 0.25) is 0 Å². The van der Waals surface area contributed by atoms with Crippen LogP contribution in [0.1, 0.15) is 24.9 Å². The number of rotatable bonds is 7. The standard InChI is InChI=1S/C14H20N2O2/c1-3-9-16-14(17)10-18-12-7-5-11(6-8-12)13(15)4-2/h3,5-8,13H,1,4,9-10,15H2,2H3,(H,16,17). The largest absolute Gasteiger partial charge is 0.484 e. The molecule has 1 amide bonds. The van der Waals surface area contributed by atoms with Crippen LogP contribution in [0.25, 0.3) is 0 Å². The summed E-state index contributed by atoms with van der Waals surface area (Å²) < 4.78 is 5.35. The second kappa shape index (κ2) is 7.50. The topological polar surface area (TPSA) is 64.3 Å². The van der Waals surface area contributed by atoms with E-state index in [1.54, 1.807) is 6.08 Å². The number of hydrogen-bond acceptors (Lipinski definition) is 3. The van der Waals surface area contributed by atoms with Gasteiger partial charge in [-0.05, 0) is 24.1 Å². The molecule has 3 N–H and O–H groups in total. The summed E-state index contributed by atoms with van der Waals surface area (Å²) in [6.07, 6.45) is 2.52. The van der Waals surface area contributed by atoms with E-state index in [4.69, 9.17) is 10.5 Å². The van der Waals surface area contributed by atoms with Crippen LogP contribution in [-0.4, -0.2) is 19.1 Å². The second-order valence-electron chi connectivity index (χ2n) is 3.97. The molecule has 0 saturated carbocycles. The van der Waals surface area contributed by atoms with E-state index >= 15 is 0 Å². The maximum atomic E-state index is 11.3. The molecule has 18 heavy (non-hydrogen) atoms. The molecule has 0 aliphatic carbocycles. The summed E-state index contributed by atoms with van der Waals surface area (Å²) in [5, 5.41) is 2.64. The van der Waals surface area contributed by atoms with Crippen molar-refractivity contribution in [3.8, 4) is 5.75 Å². The van der Waals surface area contributed by atoms with Crippen LogP contribution in [0.4, 0.5) is 0 Å². The minimum Gasteiger partial charge on any atom is -0.484 e. The SMILES string of the molecule is C=CCNC(=O)COc1ccc(C(N)CC)cc1. The van der Waals surface area contributed by atoms with Crippen molar-refractivity contribution in [1.29, 1.82) is 0 Å². The molecule has 1 unspecified atom stereocenters. The Hall–Kier alpha value is -1.81. The van der Waals surface area contributed by atoms with E-state index < -0.39 is 0 Å². The van der Waals surface area contributed by atoms with Crippen LogP contribution in [0.15, 0.2) is 36.9 Å². The Morgan fingerprint density at radius 2 is 2.17 bits per heavy atom. The van der Waals surface area contributed by atoms with Gasteiger partial charge < -0.3 is 15.8 Å². The van der Waals surface area contributed by atoms with Crippen LogP contribution < -0.4 is 15.8 Å². The molecular formula is C14H20N2O2. The van der Waals surface area contributed by atoms with Crippen molar-refractivity contribution in [2.24, 2.45) is 5.73 Å². The molecule has 1 atom stereocenters. The summed E-state index contributed by atoms with van der Waals surface area (Å²) in [6, 6.07) is 7.54. The fraction of sp³-hybridized carbons (Fsp3) is 0.357. The lowest BCUT2D eigenvalue weighted by Gasteiger charge is -2.10. The van der Waals surface area contributed by atoms with Gasteiger partial charge in [0.25, 0.3) is 5.91 Å². The number of nitrogens with two attached hydrogens (primary N) is 1. The molecule has 0 bridgehead atoms. The van der Waals surface area contributed by atoms with Gasteiger partial charge in [-0.1, -0.05) is 25.1 Å². The van der Waals surface area contributed by atoms with E-state index in [1.165, 1.54) is 0 Å². The van der Waals surface area contributed by atoms with Crippen molar-refractivity contribution >= 4 is 5.91 Å². The maximum absolute atomic E-state index is 11.3. The van der Waals surface area contributed by atoms with Gasteiger partial charge in [0.05, 0.1) is 0 Å². The zero-order valence-corrected chi connectivity index (χ0v) is 10.7. The first-order valence-electron chi connectivity index (χ1n) is 6.03. The number of amides is 1. The van der Waals surface area contributed by atoms with Crippen LogP contribution in [0.3, 0.4) is 0 Å². The summed E-state index contributed by atoms with van der Waals surface area (Å²) in [7, 11) is 0. The zero-order valence-electron chi connectivity index (χ0n) is 10.7. The average Bonchev–Trinajstić information content (AvgIpc) is 2.42. The highest BCUT2D eigenvalue weighted by molar-refractivity contribution is 5.77. The summed E-state index contributed by atoms with van der Waals surface area (Å²) in [6.45, 7) is 6.02. The molecule has 1 aromatic carbocycles. The van der Waals surface area contributed by atoms with E-state index in [1.807, 2.05) is 31.2 Å². The highest BCUT2D eigenvalue weighted by Crippen LogP contribution is 2.18. The monoisotopic (exact) mass is 248 g/mol. The molecule has 98 valence electrons. The molecule has 0 aromatic heterocycles. The summed E-state index contributed by atoms with van der Waals surface area (Å²) in [4.78, 5) is 11.3. The van der Waals surface area contributed by atoms with E-state index in [9.17, 15) is 4.79 Å². The van der Waals surface area contributed by atoms with Crippen LogP contribution >= 0.6 is 0 Å². The number of carbonyl (C=O) groups is 1. The lowest BCUT2D eigenvalue weighted by Crippen LogP contribution is -2.28. The number of benzene rings is 1. The van der Waals surface area contributed by atoms with Crippen molar-refractivity contribution in [2.45, 2.75) is 19.4 Å². The van der Waals surface area contributed by atoms with E-state index in [2.05, 4.69) is 11.9 Å². The van der Waals surface area contributed by atoms with Gasteiger partial charge in [-0.25, -0.2) is 0 Å². The molecule has 0 fully saturated rings. The molecule has 0 spiro atoms. The van der Waals surface area contributed by atoms with Crippen molar-refractivity contribution in [3.05, 3.63) is 42.5 Å². The lowest BCUT2D eigenvalue weighted by atomic mass is 10.1. The van der Waals surface area contributed by atoms with Crippen LogP contribution in [0.5, 0.6) is 5.75 Å². The molecule has 0 heterocycles. The third-order valence-electron chi connectivity index (χ3n) is 2.56. The number of hydrogen-bond donors (Lipinski definition) is 2. The highest BCUT2D eigenvalue weighted by atomic mass is 16.5. The van der Waals surface area contributed by atoms with Gasteiger partial charge in [0, 0.05) is 12.6 Å². The normalized spacial score (nSPS) is 11.7. The third kappa shape index (κ3) is 4.59. The first-order valence-corrected chi connectivity index (χ1v) is 6.03. The van der Waals surface area contributed by atoms with Crippen molar-refractivity contribution in [2.75, 3.05) is 13.2 Å². The predicted octanol–water partition coefficient (Wildman–Crippen LogP) is 1.78. The Bertz CT molecular complexity index is 387. The quantitative estimate of drug-likeness (QED) is 0.723. The van der Waals surface area contributed by atoms with Crippen molar-refractivity contribution in [1.82, 2.24) is 5.32 Å². The van der Waals surface area contributed by atoms with Gasteiger partial charge in [-0.2, -0.15) is 0 Å². The number of carbonyl (C=O) groups excluding carboxylic acids is 1. The Labute approximate surface area is 108 Å². The van der Waals surface area contributed by atoms with E-state index in [0.29, 0.717) is 12.3 Å². The van der Waals surface area contributed by atoms with Crippen LogP contribution in [0, 0.1) is 0 Å². The zero-order chi connectivity index (χ0) is 13.4.